The lowest BCUT2D eigenvalue weighted by atomic mass is 9.98. The van der Waals surface area contributed by atoms with E-state index >= 15 is 0 Å². The van der Waals surface area contributed by atoms with Crippen molar-refractivity contribution in [2.45, 2.75) is 0 Å². The largest absolute Gasteiger partial charge is 0.478 e. The van der Waals surface area contributed by atoms with Gasteiger partial charge in [-0.1, -0.05) is 0 Å². The molecule has 0 bridgehead atoms. The number of hydrogen-bond acceptors (Lipinski definition) is 4. The standard InChI is InChI=1S/C15H9NO5/c17-14-13-7(1-2-16-14)3-10(15(18)19)8-4-11-12(5-9(8)13)21-6-20-11/h1-5H,6H2,(H,16,17)(H,18,19). The van der Waals surface area contributed by atoms with Crippen molar-refractivity contribution in [2.75, 3.05) is 6.79 Å². The fraction of sp³-hybridized carbons (Fsp3) is 0.0667. The summed E-state index contributed by atoms with van der Waals surface area (Å²) in [6.45, 7) is 0.0857. The molecule has 21 heavy (non-hydrogen) atoms. The molecule has 1 aromatic heterocycles. The first-order valence-electron chi connectivity index (χ1n) is 6.26. The van der Waals surface area contributed by atoms with Crippen molar-refractivity contribution >= 4 is 27.5 Å². The number of hydrogen-bond donors (Lipinski definition) is 2. The zero-order chi connectivity index (χ0) is 14.6. The maximum absolute atomic E-state index is 12.1. The van der Waals surface area contributed by atoms with E-state index in [1.807, 2.05) is 0 Å². The number of pyridine rings is 1. The van der Waals surface area contributed by atoms with Crippen LogP contribution in [0.4, 0.5) is 0 Å². The molecule has 2 heterocycles. The van der Waals surface area contributed by atoms with Crippen LogP contribution in [0, 0.1) is 0 Å². The van der Waals surface area contributed by atoms with E-state index in [0.717, 1.165) is 0 Å². The Morgan fingerprint density at radius 2 is 1.86 bits per heavy atom. The first-order valence-corrected chi connectivity index (χ1v) is 6.26. The van der Waals surface area contributed by atoms with Gasteiger partial charge in [0.25, 0.3) is 5.56 Å². The summed E-state index contributed by atoms with van der Waals surface area (Å²) in [4.78, 5) is 26.2. The van der Waals surface area contributed by atoms with Crippen LogP contribution in [0.1, 0.15) is 10.4 Å². The Labute approximate surface area is 117 Å². The minimum Gasteiger partial charge on any atom is -0.478 e. The highest BCUT2D eigenvalue weighted by molar-refractivity contribution is 6.16. The molecule has 0 saturated carbocycles. The fourth-order valence-corrected chi connectivity index (χ4v) is 2.67. The average molecular weight is 283 g/mol. The van der Waals surface area contributed by atoms with Gasteiger partial charge in [-0.15, -0.1) is 0 Å². The van der Waals surface area contributed by atoms with Crippen molar-refractivity contribution in [1.82, 2.24) is 4.98 Å². The van der Waals surface area contributed by atoms with Crippen LogP contribution in [0.15, 0.2) is 35.3 Å². The molecule has 0 radical (unpaired) electrons. The van der Waals surface area contributed by atoms with Gasteiger partial charge in [-0.05, 0) is 35.0 Å². The number of H-pyrrole nitrogens is 1. The third-order valence-corrected chi connectivity index (χ3v) is 3.60. The average Bonchev–Trinajstić information content (AvgIpc) is 2.91. The number of ether oxygens (including phenoxy) is 2. The number of aromatic nitrogens is 1. The van der Waals surface area contributed by atoms with Gasteiger partial charge < -0.3 is 19.6 Å². The van der Waals surface area contributed by atoms with Crippen molar-refractivity contribution < 1.29 is 19.4 Å². The number of carbonyl (C=O) groups is 1. The van der Waals surface area contributed by atoms with E-state index in [4.69, 9.17) is 9.47 Å². The molecule has 4 rings (SSSR count). The summed E-state index contributed by atoms with van der Waals surface area (Å²) in [7, 11) is 0. The van der Waals surface area contributed by atoms with E-state index in [1.54, 1.807) is 18.2 Å². The molecule has 6 nitrogen and oxygen atoms in total. The maximum atomic E-state index is 12.1. The Bertz CT molecular complexity index is 973. The first-order chi connectivity index (χ1) is 10.1. The lowest BCUT2D eigenvalue weighted by Gasteiger charge is -2.08. The second kappa shape index (κ2) is 3.99. The molecule has 0 unspecified atom stereocenters. The molecular formula is C15H9NO5. The number of aromatic amines is 1. The predicted molar refractivity (Wildman–Crippen MR) is 75.2 cm³/mol. The molecule has 104 valence electrons. The second-order valence-electron chi connectivity index (χ2n) is 4.75. The molecule has 2 N–H and O–H groups in total. The Hall–Kier alpha value is -3.02. The zero-order valence-corrected chi connectivity index (χ0v) is 10.7. The summed E-state index contributed by atoms with van der Waals surface area (Å²) in [6, 6.07) is 6.43. The number of carboxylic acid groups (broad SMARTS) is 1. The summed E-state index contributed by atoms with van der Waals surface area (Å²) in [6.07, 6.45) is 1.50. The van der Waals surface area contributed by atoms with Crippen LogP contribution >= 0.6 is 0 Å². The molecular weight excluding hydrogens is 274 g/mol. The van der Waals surface area contributed by atoms with Crippen molar-refractivity contribution in [3.05, 3.63) is 46.4 Å². The summed E-state index contributed by atoms with van der Waals surface area (Å²) in [5, 5.41) is 11.4. The SMILES string of the molecule is O=C(O)c1cc2cc[nH]c(=O)c2c2cc3c(cc12)OCO3. The highest BCUT2D eigenvalue weighted by Crippen LogP contribution is 2.39. The van der Waals surface area contributed by atoms with E-state index in [-0.39, 0.29) is 17.9 Å². The highest BCUT2D eigenvalue weighted by atomic mass is 16.7. The van der Waals surface area contributed by atoms with Gasteiger partial charge in [0.15, 0.2) is 11.5 Å². The lowest BCUT2D eigenvalue weighted by molar-refractivity contribution is 0.0699. The first kappa shape index (κ1) is 11.8. The summed E-state index contributed by atoms with van der Waals surface area (Å²) in [5.74, 6) is -0.0626. The van der Waals surface area contributed by atoms with E-state index in [1.165, 1.54) is 12.3 Å². The van der Waals surface area contributed by atoms with Crippen LogP contribution in [0.2, 0.25) is 0 Å². The van der Waals surface area contributed by atoms with Gasteiger partial charge in [0.05, 0.1) is 10.9 Å². The molecule has 1 aliphatic heterocycles. The number of carboxylic acids is 1. The Kier molecular flexibility index (Phi) is 2.24. The smallest absolute Gasteiger partial charge is 0.336 e. The van der Waals surface area contributed by atoms with Crippen molar-refractivity contribution in [3.8, 4) is 11.5 Å². The highest BCUT2D eigenvalue weighted by Gasteiger charge is 2.20. The molecule has 0 aliphatic carbocycles. The molecule has 3 aromatic rings. The Balaban J connectivity index is 2.28. The van der Waals surface area contributed by atoms with Gasteiger partial charge in [0, 0.05) is 11.6 Å². The van der Waals surface area contributed by atoms with E-state index in [0.29, 0.717) is 33.0 Å². The molecule has 0 saturated heterocycles. The summed E-state index contributed by atoms with van der Waals surface area (Å²) in [5.41, 5.74) is -0.144. The molecule has 0 fully saturated rings. The number of fused-ring (bicyclic) bond motifs is 4. The topological polar surface area (TPSA) is 88.6 Å². The van der Waals surface area contributed by atoms with Gasteiger partial charge in [-0.3, -0.25) is 4.79 Å². The van der Waals surface area contributed by atoms with Crippen molar-refractivity contribution in [3.63, 3.8) is 0 Å². The molecule has 2 aromatic carbocycles. The minimum absolute atomic E-state index is 0.0857. The van der Waals surface area contributed by atoms with Crippen LogP contribution in [-0.4, -0.2) is 22.9 Å². The number of nitrogens with one attached hydrogen (secondary N) is 1. The monoisotopic (exact) mass is 283 g/mol. The van der Waals surface area contributed by atoms with E-state index in [2.05, 4.69) is 4.98 Å². The van der Waals surface area contributed by atoms with Crippen LogP contribution in [0.5, 0.6) is 11.5 Å². The third-order valence-electron chi connectivity index (χ3n) is 3.60. The normalized spacial score (nSPS) is 13.0. The zero-order valence-electron chi connectivity index (χ0n) is 10.7. The van der Waals surface area contributed by atoms with Crippen LogP contribution < -0.4 is 15.0 Å². The van der Waals surface area contributed by atoms with Crippen molar-refractivity contribution in [1.29, 1.82) is 0 Å². The van der Waals surface area contributed by atoms with Crippen LogP contribution in [0.25, 0.3) is 21.5 Å². The molecule has 0 spiro atoms. The van der Waals surface area contributed by atoms with Gasteiger partial charge in [-0.2, -0.15) is 0 Å². The molecule has 0 amide bonds. The Morgan fingerprint density at radius 3 is 2.57 bits per heavy atom. The minimum atomic E-state index is -1.05. The van der Waals surface area contributed by atoms with Gasteiger partial charge in [0.1, 0.15) is 0 Å². The fourth-order valence-electron chi connectivity index (χ4n) is 2.67. The summed E-state index contributed by atoms with van der Waals surface area (Å²) < 4.78 is 10.6. The third kappa shape index (κ3) is 1.59. The predicted octanol–water partition coefficient (Wildman–Crippen LogP) is 2.11. The number of aromatic carboxylic acids is 1. The molecule has 6 heteroatoms. The lowest BCUT2D eigenvalue weighted by Crippen LogP contribution is -2.07. The quantitative estimate of drug-likeness (QED) is 0.668. The van der Waals surface area contributed by atoms with E-state index in [9.17, 15) is 14.7 Å². The summed E-state index contributed by atoms with van der Waals surface area (Å²) >= 11 is 0. The Morgan fingerprint density at radius 1 is 1.14 bits per heavy atom. The number of benzene rings is 2. The molecule has 0 atom stereocenters. The van der Waals surface area contributed by atoms with E-state index < -0.39 is 5.97 Å². The van der Waals surface area contributed by atoms with Gasteiger partial charge in [0.2, 0.25) is 6.79 Å². The maximum Gasteiger partial charge on any atom is 0.336 e. The van der Waals surface area contributed by atoms with Gasteiger partial charge in [-0.25, -0.2) is 4.79 Å². The number of rotatable bonds is 1. The molecule has 1 aliphatic rings. The second-order valence-corrected chi connectivity index (χ2v) is 4.75. The van der Waals surface area contributed by atoms with Crippen LogP contribution in [0.3, 0.4) is 0 Å². The van der Waals surface area contributed by atoms with Crippen molar-refractivity contribution in [2.24, 2.45) is 0 Å². The van der Waals surface area contributed by atoms with Crippen LogP contribution in [-0.2, 0) is 0 Å². The van der Waals surface area contributed by atoms with Gasteiger partial charge >= 0.3 is 5.97 Å².